The molecule has 0 spiro atoms. The second kappa shape index (κ2) is 3.78. The van der Waals surface area contributed by atoms with E-state index in [2.05, 4.69) is 9.97 Å². The summed E-state index contributed by atoms with van der Waals surface area (Å²) in [7, 11) is 0. The van der Waals surface area contributed by atoms with E-state index < -0.39 is 0 Å². The van der Waals surface area contributed by atoms with Crippen LogP contribution in [0.2, 0.25) is 5.15 Å². The topological polar surface area (TPSA) is 35.0 Å². The van der Waals surface area contributed by atoms with Crippen molar-refractivity contribution in [2.75, 3.05) is 6.61 Å². The molecule has 70 valence electrons. The van der Waals surface area contributed by atoms with Crippen LogP contribution in [0.1, 0.15) is 17.1 Å². The third kappa shape index (κ3) is 1.77. The Bertz CT molecular complexity index is 330. The van der Waals surface area contributed by atoms with Crippen molar-refractivity contribution < 1.29 is 4.74 Å². The maximum atomic E-state index is 5.94. The van der Waals surface area contributed by atoms with Crippen LogP contribution in [-0.2, 0) is 23.6 Å². The molecule has 5 heteroatoms. The van der Waals surface area contributed by atoms with Gasteiger partial charge < -0.3 is 4.74 Å². The number of aromatic nitrogens is 2. The summed E-state index contributed by atoms with van der Waals surface area (Å²) in [6, 6.07) is 0. The molecule has 1 aromatic heterocycles. The molecule has 2 heterocycles. The van der Waals surface area contributed by atoms with Gasteiger partial charge in [-0.2, -0.15) is 0 Å². The monoisotopic (exact) mass is 218 g/mol. The molecule has 1 aliphatic rings. The van der Waals surface area contributed by atoms with Gasteiger partial charge in [-0.15, -0.1) is 11.6 Å². The quantitative estimate of drug-likeness (QED) is 0.534. The molecule has 0 N–H and O–H groups in total. The van der Waals surface area contributed by atoms with E-state index in [1.165, 1.54) is 0 Å². The molecule has 2 rings (SSSR count). The second-order valence-corrected chi connectivity index (χ2v) is 3.42. The average molecular weight is 219 g/mol. The van der Waals surface area contributed by atoms with Crippen LogP contribution in [0, 0.1) is 0 Å². The molecule has 0 saturated carbocycles. The van der Waals surface area contributed by atoms with Crippen molar-refractivity contribution in [3.8, 4) is 0 Å². The lowest BCUT2D eigenvalue weighted by Crippen LogP contribution is -2.14. The minimum Gasteiger partial charge on any atom is -0.376 e. The smallest absolute Gasteiger partial charge is 0.145 e. The van der Waals surface area contributed by atoms with Crippen molar-refractivity contribution in [2.24, 2.45) is 0 Å². The Morgan fingerprint density at radius 3 is 3.00 bits per heavy atom. The highest BCUT2D eigenvalue weighted by Gasteiger charge is 2.16. The fraction of sp³-hybridized carbons (Fsp3) is 0.500. The molecule has 0 amide bonds. The lowest BCUT2D eigenvalue weighted by Gasteiger charge is -2.16. The van der Waals surface area contributed by atoms with E-state index in [0.29, 0.717) is 30.1 Å². The van der Waals surface area contributed by atoms with E-state index in [4.69, 9.17) is 27.9 Å². The lowest BCUT2D eigenvalue weighted by molar-refractivity contribution is 0.109. The lowest BCUT2D eigenvalue weighted by atomic mass is 10.1. The Morgan fingerprint density at radius 1 is 1.38 bits per heavy atom. The number of ether oxygens (including phenoxy) is 1. The normalized spacial score (nSPS) is 15.5. The van der Waals surface area contributed by atoms with Crippen LogP contribution < -0.4 is 0 Å². The molecule has 3 nitrogen and oxygen atoms in total. The van der Waals surface area contributed by atoms with Gasteiger partial charge in [-0.3, -0.25) is 0 Å². The van der Waals surface area contributed by atoms with Crippen LogP contribution in [0.5, 0.6) is 0 Å². The van der Waals surface area contributed by atoms with Crippen LogP contribution in [0.25, 0.3) is 0 Å². The van der Waals surface area contributed by atoms with Crippen molar-refractivity contribution in [2.45, 2.75) is 18.9 Å². The van der Waals surface area contributed by atoms with Gasteiger partial charge in [0.1, 0.15) is 11.0 Å². The van der Waals surface area contributed by atoms with Crippen molar-refractivity contribution in [3.63, 3.8) is 0 Å². The highest BCUT2D eigenvalue weighted by Crippen LogP contribution is 2.22. The molecule has 0 atom stereocenters. The minimum absolute atomic E-state index is 0.299. The Hall–Kier alpha value is -0.380. The van der Waals surface area contributed by atoms with Gasteiger partial charge in [0.05, 0.1) is 24.8 Å². The molecule has 13 heavy (non-hydrogen) atoms. The first-order valence-corrected chi connectivity index (χ1v) is 4.90. The zero-order valence-electron chi connectivity index (χ0n) is 6.89. The molecular weight excluding hydrogens is 211 g/mol. The second-order valence-electron chi connectivity index (χ2n) is 2.79. The van der Waals surface area contributed by atoms with Gasteiger partial charge in [0.15, 0.2) is 0 Å². The summed E-state index contributed by atoms with van der Waals surface area (Å²) < 4.78 is 5.25. The van der Waals surface area contributed by atoms with Crippen molar-refractivity contribution in [1.82, 2.24) is 9.97 Å². The van der Waals surface area contributed by atoms with E-state index >= 15 is 0 Å². The Kier molecular flexibility index (Phi) is 2.67. The van der Waals surface area contributed by atoms with Crippen LogP contribution in [0.4, 0.5) is 0 Å². The van der Waals surface area contributed by atoms with Crippen LogP contribution in [0.15, 0.2) is 0 Å². The molecular formula is C8H8Cl2N2O. The predicted octanol–water partition coefficient (Wildman–Crippen LogP) is 1.94. The number of hydrogen-bond donors (Lipinski definition) is 0. The molecule has 1 aromatic rings. The Morgan fingerprint density at radius 2 is 2.23 bits per heavy atom. The van der Waals surface area contributed by atoms with Gasteiger partial charge in [0, 0.05) is 12.0 Å². The average Bonchev–Trinajstić information content (AvgIpc) is 2.18. The fourth-order valence-electron chi connectivity index (χ4n) is 1.30. The van der Waals surface area contributed by atoms with Crippen LogP contribution >= 0.6 is 23.2 Å². The number of halogens is 2. The zero-order chi connectivity index (χ0) is 9.26. The van der Waals surface area contributed by atoms with E-state index in [-0.39, 0.29) is 0 Å². The number of fused-ring (bicyclic) bond motifs is 1. The van der Waals surface area contributed by atoms with Crippen LogP contribution in [-0.4, -0.2) is 16.6 Å². The summed E-state index contributed by atoms with van der Waals surface area (Å²) in [4.78, 5) is 8.33. The fourth-order valence-corrected chi connectivity index (χ4v) is 1.68. The summed E-state index contributed by atoms with van der Waals surface area (Å²) in [5.41, 5.74) is 1.88. The van der Waals surface area contributed by atoms with E-state index in [9.17, 15) is 0 Å². The summed E-state index contributed by atoms with van der Waals surface area (Å²) in [5, 5.41) is 0.473. The molecule has 0 fully saturated rings. The van der Waals surface area contributed by atoms with E-state index in [1.54, 1.807) is 0 Å². The van der Waals surface area contributed by atoms with E-state index in [1.807, 2.05) is 0 Å². The number of hydrogen-bond acceptors (Lipinski definition) is 3. The summed E-state index contributed by atoms with van der Waals surface area (Å²) in [6.07, 6.45) is 0.793. The summed E-state index contributed by atoms with van der Waals surface area (Å²) >= 11 is 11.6. The van der Waals surface area contributed by atoms with Gasteiger partial charge in [-0.25, -0.2) is 9.97 Å². The minimum atomic E-state index is 0.299. The number of alkyl halides is 1. The third-order valence-electron chi connectivity index (χ3n) is 1.94. The number of nitrogens with zero attached hydrogens (tertiary/aromatic N) is 2. The standard InChI is InChI=1S/C8H8Cl2N2O/c9-3-7-11-6-1-2-13-4-5(6)8(10)12-7/h1-4H2. The van der Waals surface area contributed by atoms with Gasteiger partial charge in [0.25, 0.3) is 0 Å². The first kappa shape index (κ1) is 9.19. The highest BCUT2D eigenvalue weighted by atomic mass is 35.5. The van der Waals surface area contributed by atoms with Crippen molar-refractivity contribution >= 4 is 23.2 Å². The maximum absolute atomic E-state index is 5.94. The number of rotatable bonds is 1. The maximum Gasteiger partial charge on any atom is 0.145 e. The highest BCUT2D eigenvalue weighted by molar-refractivity contribution is 6.30. The molecule has 1 aliphatic heterocycles. The first-order chi connectivity index (χ1) is 6.31. The van der Waals surface area contributed by atoms with Crippen molar-refractivity contribution in [3.05, 3.63) is 22.2 Å². The Labute approximate surface area is 86.0 Å². The molecule has 0 unspecified atom stereocenters. The molecule has 0 saturated heterocycles. The van der Waals surface area contributed by atoms with Crippen LogP contribution in [0.3, 0.4) is 0 Å². The first-order valence-electron chi connectivity index (χ1n) is 3.99. The predicted molar refractivity (Wildman–Crippen MR) is 50.0 cm³/mol. The molecule has 0 aliphatic carbocycles. The molecule has 0 bridgehead atoms. The largest absolute Gasteiger partial charge is 0.376 e. The van der Waals surface area contributed by atoms with Gasteiger partial charge in [-0.1, -0.05) is 11.6 Å². The summed E-state index contributed by atoms with van der Waals surface area (Å²) in [5.74, 6) is 0.890. The molecule has 0 aromatic carbocycles. The van der Waals surface area contributed by atoms with Crippen molar-refractivity contribution in [1.29, 1.82) is 0 Å². The summed E-state index contributed by atoms with van der Waals surface area (Å²) in [6.45, 7) is 1.21. The van der Waals surface area contributed by atoms with Gasteiger partial charge >= 0.3 is 0 Å². The zero-order valence-corrected chi connectivity index (χ0v) is 8.40. The Balaban J connectivity index is 2.47. The van der Waals surface area contributed by atoms with Gasteiger partial charge in [-0.05, 0) is 0 Å². The molecule has 0 radical (unpaired) electrons. The van der Waals surface area contributed by atoms with E-state index in [0.717, 1.165) is 17.7 Å². The SMILES string of the molecule is ClCc1nc(Cl)c2c(n1)CCOC2. The third-order valence-corrected chi connectivity index (χ3v) is 2.49. The van der Waals surface area contributed by atoms with Gasteiger partial charge in [0.2, 0.25) is 0 Å².